The summed E-state index contributed by atoms with van der Waals surface area (Å²) in [5.74, 6) is -0.628. The van der Waals surface area contributed by atoms with E-state index in [4.69, 9.17) is 0 Å². The van der Waals surface area contributed by atoms with Crippen LogP contribution in [0.1, 0.15) is 22.1 Å². The van der Waals surface area contributed by atoms with Gasteiger partial charge in [0.2, 0.25) is 0 Å². The number of ether oxygens (including phenoxy) is 1. The van der Waals surface area contributed by atoms with Crippen LogP contribution < -0.4 is 0 Å². The minimum atomic E-state index is -1.33. The molecule has 0 aliphatic carbocycles. The lowest BCUT2D eigenvalue weighted by molar-refractivity contribution is -0.572. The van der Waals surface area contributed by atoms with Crippen LogP contribution in [0.4, 0.5) is 0 Å². The zero-order valence-electron chi connectivity index (χ0n) is 12.0. The Morgan fingerprint density at radius 2 is 1.70 bits per heavy atom. The van der Waals surface area contributed by atoms with Crippen LogP contribution in [0.15, 0.2) is 67.0 Å². The summed E-state index contributed by atoms with van der Waals surface area (Å²) >= 11 is 0. The van der Waals surface area contributed by atoms with Crippen molar-refractivity contribution in [2.75, 3.05) is 0 Å². The number of carbonyl (C=O) groups is 1. The fraction of sp³-hybridized carbons (Fsp3) is 0.0588. The Hall–Kier alpha value is -3.28. The van der Waals surface area contributed by atoms with Crippen molar-refractivity contribution in [2.45, 2.75) is 6.23 Å². The predicted molar refractivity (Wildman–Crippen MR) is 83.3 cm³/mol. The molecule has 0 bridgehead atoms. The Balaban J connectivity index is 0.000000140. The summed E-state index contributed by atoms with van der Waals surface area (Å²) in [5.41, 5.74) is 0.613. The summed E-state index contributed by atoms with van der Waals surface area (Å²) in [4.78, 5) is 24.9. The van der Waals surface area contributed by atoms with Crippen molar-refractivity contribution in [1.29, 1.82) is 0 Å². The largest absolute Gasteiger partial charge is 0.390 e. The number of aromatic nitrogens is 1. The Kier molecular flexibility index (Phi) is 3.97. The van der Waals surface area contributed by atoms with Gasteiger partial charge in [-0.15, -0.1) is 0 Å². The van der Waals surface area contributed by atoms with E-state index in [9.17, 15) is 14.9 Å². The molecule has 0 fully saturated rings. The van der Waals surface area contributed by atoms with E-state index < -0.39 is 17.1 Å². The molecule has 0 saturated carbocycles. The Morgan fingerprint density at radius 3 is 2.43 bits per heavy atom. The van der Waals surface area contributed by atoms with Crippen molar-refractivity contribution in [1.82, 2.24) is 4.98 Å². The van der Waals surface area contributed by atoms with Crippen molar-refractivity contribution in [3.05, 3.63) is 88.2 Å². The number of nitrogens with zero attached hydrogens (tertiary/aromatic N) is 2. The second-order valence-electron chi connectivity index (χ2n) is 4.85. The molecule has 2 heterocycles. The molecule has 0 amide bonds. The molecule has 3 aromatic rings. The van der Waals surface area contributed by atoms with Crippen molar-refractivity contribution < 1.29 is 14.5 Å². The minimum absolute atomic E-state index is 0.282. The number of hydrogen-bond acceptors (Lipinski definition) is 5. The van der Waals surface area contributed by atoms with Gasteiger partial charge in [0.05, 0.1) is 16.1 Å². The minimum Gasteiger partial charge on any atom is -0.390 e. The van der Waals surface area contributed by atoms with E-state index in [1.165, 1.54) is 22.9 Å². The summed E-state index contributed by atoms with van der Waals surface area (Å²) in [6.07, 6.45) is 2.35. The van der Waals surface area contributed by atoms with Gasteiger partial charge in [0.25, 0.3) is 0 Å². The molecule has 0 radical (unpaired) electrons. The lowest BCUT2D eigenvalue weighted by Gasteiger charge is -1.99. The van der Waals surface area contributed by atoms with E-state index in [1.807, 2.05) is 30.6 Å². The third kappa shape index (κ3) is 3.01. The molecule has 2 aromatic carbocycles. The zero-order chi connectivity index (χ0) is 16.2. The van der Waals surface area contributed by atoms with Crippen molar-refractivity contribution >= 4 is 16.7 Å². The molecule has 4 rings (SSSR count). The number of benzene rings is 2. The summed E-state index contributed by atoms with van der Waals surface area (Å²) < 4.78 is 4.56. The highest BCUT2D eigenvalue weighted by Crippen LogP contribution is 2.30. The molecule has 6 heteroatoms. The molecule has 1 aliphatic heterocycles. The van der Waals surface area contributed by atoms with Gasteiger partial charge in [-0.25, -0.2) is 4.79 Å². The molecule has 0 spiro atoms. The Labute approximate surface area is 131 Å². The number of cyclic esters (lactones) is 1. The van der Waals surface area contributed by atoms with Gasteiger partial charge in [-0.1, -0.05) is 36.4 Å². The molecule has 0 saturated heterocycles. The van der Waals surface area contributed by atoms with Gasteiger partial charge >= 0.3 is 12.2 Å². The molecular weight excluding hydrogens is 296 g/mol. The van der Waals surface area contributed by atoms with E-state index in [0.29, 0.717) is 5.56 Å². The second-order valence-corrected chi connectivity index (χ2v) is 4.85. The van der Waals surface area contributed by atoms with Crippen LogP contribution in [0.25, 0.3) is 10.8 Å². The summed E-state index contributed by atoms with van der Waals surface area (Å²) in [7, 11) is 0. The molecule has 114 valence electrons. The van der Waals surface area contributed by atoms with Crippen molar-refractivity contribution in [2.24, 2.45) is 0 Å². The standard InChI is InChI=1S/C9H7N.C8H5NO4/c1-2-4-9-7-10-6-5-8(9)3-1;10-8-6-4-2-1-3-5(6)7(13-8)9(11)12/h1-7H;1-4,7H. The average molecular weight is 308 g/mol. The van der Waals surface area contributed by atoms with Gasteiger partial charge in [-0.05, 0) is 29.0 Å². The van der Waals surface area contributed by atoms with E-state index in [0.717, 1.165) is 0 Å². The third-order valence-corrected chi connectivity index (χ3v) is 3.41. The van der Waals surface area contributed by atoms with Gasteiger partial charge in [0.15, 0.2) is 0 Å². The van der Waals surface area contributed by atoms with Crippen LogP contribution in [-0.4, -0.2) is 15.9 Å². The van der Waals surface area contributed by atoms with Crippen LogP contribution in [0.2, 0.25) is 0 Å². The summed E-state index contributed by atoms with van der Waals surface area (Å²) in [6.45, 7) is 0. The van der Waals surface area contributed by atoms with Crippen molar-refractivity contribution in [3.63, 3.8) is 0 Å². The Bertz CT molecular complexity index is 814. The van der Waals surface area contributed by atoms with Crippen LogP contribution in [0.5, 0.6) is 0 Å². The number of hydrogen-bond donors (Lipinski definition) is 0. The van der Waals surface area contributed by atoms with E-state index >= 15 is 0 Å². The van der Waals surface area contributed by atoms with Gasteiger partial charge < -0.3 is 4.74 Å². The maximum atomic E-state index is 11.1. The molecule has 1 unspecified atom stereocenters. The maximum Gasteiger partial charge on any atom is 0.383 e. The molecule has 1 atom stereocenters. The van der Waals surface area contributed by atoms with E-state index in [-0.39, 0.29) is 5.56 Å². The lowest BCUT2D eigenvalue weighted by atomic mass is 10.1. The SMILES string of the molecule is O=C1OC([N+](=O)[O-])c2ccccc21.c1ccc2cnccc2c1. The number of fused-ring (bicyclic) bond motifs is 2. The van der Waals surface area contributed by atoms with Crippen LogP contribution >= 0.6 is 0 Å². The molecular formula is C17H12N2O4. The number of esters is 1. The molecule has 23 heavy (non-hydrogen) atoms. The first-order valence-corrected chi connectivity index (χ1v) is 6.89. The number of carbonyl (C=O) groups excluding carboxylic acids is 1. The second kappa shape index (κ2) is 6.23. The van der Waals surface area contributed by atoms with Gasteiger partial charge in [-0.2, -0.15) is 0 Å². The zero-order valence-corrected chi connectivity index (χ0v) is 12.0. The van der Waals surface area contributed by atoms with Gasteiger partial charge in [0.1, 0.15) is 0 Å². The molecule has 1 aliphatic rings. The highest BCUT2D eigenvalue weighted by molar-refractivity contribution is 5.93. The smallest absolute Gasteiger partial charge is 0.383 e. The van der Waals surface area contributed by atoms with Crippen LogP contribution in [0.3, 0.4) is 0 Å². The third-order valence-electron chi connectivity index (χ3n) is 3.41. The molecule has 0 N–H and O–H groups in total. The van der Waals surface area contributed by atoms with Crippen molar-refractivity contribution in [3.8, 4) is 0 Å². The maximum absolute atomic E-state index is 11.1. The summed E-state index contributed by atoms with van der Waals surface area (Å²) in [5, 5.41) is 12.9. The highest BCUT2D eigenvalue weighted by atomic mass is 16.7. The summed E-state index contributed by atoms with van der Waals surface area (Å²) in [6, 6.07) is 16.5. The number of rotatable bonds is 1. The van der Waals surface area contributed by atoms with Gasteiger partial charge in [-0.3, -0.25) is 15.1 Å². The van der Waals surface area contributed by atoms with Gasteiger partial charge in [0, 0.05) is 12.4 Å². The fourth-order valence-corrected chi connectivity index (χ4v) is 2.31. The normalized spacial score (nSPS) is 15.3. The molecule has 6 nitrogen and oxygen atoms in total. The topological polar surface area (TPSA) is 82.3 Å². The number of nitro groups is 1. The first-order valence-electron chi connectivity index (χ1n) is 6.89. The van der Waals surface area contributed by atoms with E-state index in [2.05, 4.69) is 21.9 Å². The quantitative estimate of drug-likeness (QED) is 0.391. The van der Waals surface area contributed by atoms with Crippen LogP contribution in [-0.2, 0) is 4.74 Å². The molecule has 1 aromatic heterocycles. The highest BCUT2D eigenvalue weighted by Gasteiger charge is 2.38. The lowest BCUT2D eigenvalue weighted by Crippen LogP contribution is -2.09. The van der Waals surface area contributed by atoms with Crippen LogP contribution in [0, 0.1) is 10.1 Å². The average Bonchev–Trinajstić information content (AvgIpc) is 2.93. The fourth-order valence-electron chi connectivity index (χ4n) is 2.31. The predicted octanol–water partition coefficient (Wildman–Crippen LogP) is 3.37. The van der Waals surface area contributed by atoms with E-state index in [1.54, 1.807) is 12.1 Å². The first kappa shape index (κ1) is 14.6. The first-order chi connectivity index (χ1) is 11.2. The Morgan fingerprint density at radius 1 is 1.00 bits per heavy atom. The monoisotopic (exact) mass is 308 g/mol. The number of pyridine rings is 1.